The molecule has 4 nitrogen and oxygen atoms in total. The van der Waals surface area contributed by atoms with Crippen molar-refractivity contribution in [2.75, 3.05) is 0 Å². The fraction of sp³-hybridized carbons (Fsp3) is 0.0833. The van der Waals surface area contributed by atoms with E-state index in [1.54, 1.807) is 12.4 Å². The molecule has 84 valence electrons. The van der Waals surface area contributed by atoms with Gasteiger partial charge in [-0.1, -0.05) is 11.3 Å². The van der Waals surface area contributed by atoms with Gasteiger partial charge in [-0.05, 0) is 19.1 Å². The molecule has 3 aromatic rings. The molecular weight excluding hydrogens is 234 g/mol. The second-order valence-electron chi connectivity index (χ2n) is 3.68. The molecule has 0 saturated carbocycles. The van der Waals surface area contributed by atoms with Crippen molar-refractivity contribution in [1.29, 1.82) is 0 Å². The lowest BCUT2D eigenvalue weighted by molar-refractivity contribution is 0.112. The van der Waals surface area contributed by atoms with Gasteiger partial charge in [0.05, 0.1) is 10.6 Å². The van der Waals surface area contributed by atoms with E-state index in [0.717, 1.165) is 33.1 Å². The second kappa shape index (κ2) is 3.78. The Morgan fingerprint density at radius 2 is 2.12 bits per heavy atom. The van der Waals surface area contributed by atoms with Crippen LogP contribution in [-0.4, -0.2) is 20.7 Å². The van der Waals surface area contributed by atoms with Crippen molar-refractivity contribution < 1.29 is 4.79 Å². The molecule has 0 N–H and O–H groups in total. The summed E-state index contributed by atoms with van der Waals surface area (Å²) in [6.07, 6.45) is 6.31. The zero-order chi connectivity index (χ0) is 11.8. The molecule has 0 saturated heterocycles. The van der Waals surface area contributed by atoms with Gasteiger partial charge in [-0.3, -0.25) is 14.2 Å². The number of nitrogens with zero attached hydrogens (tertiary/aromatic N) is 3. The first-order valence-electron chi connectivity index (χ1n) is 5.13. The number of aryl methyl sites for hydroxylation is 1. The predicted octanol–water partition coefficient (Wildman–Crippen LogP) is 2.58. The number of aromatic nitrogens is 3. The Morgan fingerprint density at radius 1 is 1.35 bits per heavy atom. The average molecular weight is 243 g/mol. The van der Waals surface area contributed by atoms with Gasteiger partial charge in [-0.2, -0.15) is 0 Å². The highest BCUT2D eigenvalue weighted by atomic mass is 32.1. The topological polar surface area (TPSA) is 47.3 Å². The SMILES string of the molecule is Cc1c(C=O)sc2nc(-c3ccncc3)cn12. The molecule has 0 aliphatic carbocycles. The molecule has 0 radical (unpaired) electrons. The van der Waals surface area contributed by atoms with Crippen molar-refractivity contribution in [2.24, 2.45) is 0 Å². The monoisotopic (exact) mass is 243 g/mol. The molecule has 3 rings (SSSR count). The Labute approximate surface area is 102 Å². The molecule has 0 fully saturated rings. The fourth-order valence-electron chi connectivity index (χ4n) is 1.74. The van der Waals surface area contributed by atoms with Crippen LogP contribution in [0.5, 0.6) is 0 Å². The molecule has 0 spiro atoms. The number of rotatable bonds is 2. The van der Waals surface area contributed by atoms with Crippen LogP contribution in [0.25, 0.3) is 16.2 Å². The molecule has 0 bridgehead atoms. The molecule has 0 aliphatic heterocycles. The maximum Gasteiger partial charge on any atom is 0.195 e. The number of carbonyl (C=O) groups is 1. The number of pyridine rings is 1. The van der Waals surface area contributed by atoms with Gasteiger partial charge >= 0.3 is 0 Å². The highest BCUT2D eigenvalue weighted by Gasteiger charge is 2.11. The van der Waals surface area contributed by atoms with E-state index in [-0.39, 0.29) is 0 Å². The lowest BCUT2D eigenvalue weighted by Gasteiger charge is -1.93. The van der Waals surface area contributed by atoms with Gasteiger partial charge in [-0.15, -0.1) is 0 Å². The highest BCUT2D eigenvalue weighted by Crippen LogP contribution is 2.25. The zero-order valence-electron chi connectivity index (χ0n) is 9.12. The molecular formula is C12H9N3OS. The maximum atomic E-state index is 10.8. The van der Waals surface area contributed by atoms with Crippen molar-refractivity contribution in [3.63, 3.8) is 0 Å². The van der Waals surface area contributed by atoms with Gasteiger partial charge in [0.25, 0.3) is 0 Å². The van der Waals surface area contributed by atoms with E-state index in [9.17, 15) is 4.79 Å². The van der Waals surface area contributed by atoms with Crippen molar-refractivity contribution in [2.45, 2.75) is 6.92 Å². The lowest BCUT2D eigenvalue weighted by Crippen LogP contribution is -1.84. The lowest BCUT2D eigenvalue weighted by atomic mass is 10.2. The Hall–Kier alpha value is -2.01. The third-order valence-corrected chi connectivity index (χ3v) is 3.76. The largest absolute Gasteiger partial charge is 0.297 e. The van der Waals surface area contributed by atoms with Gasteiger partial charge in [0.1, 0.15) is 0 Å². The molecule has 0 atom stereocenters. The van der Waals surface area contributed by atoms with Crippen LogP contribution in [0.15, 0.2) is 30.7 Å². The van der Waals surface area contributed by atoms with Crippen LogP contribution in [0.1, 0.15) is 15.4 Å². The number of fused-ring (bicyclic) bond motifs is 1. The Balaban J connectivity index is 2.19. The molecule has 0 unspecified atom stereocenters. The van der Waals surface area contributed by atoms with Crippen LogP contribution in [0.3, 0.4) is 0 Å². The normalized spacial score (nSPS) is 10.9. The van der Waals surface area contributed by atoms with Crippen LogP contribution in [0.4, 0.5) is 0 Å². The first kappa shape index (κ1) is 10.2. The van der Waals surface area contributed by atoms with E-state index in [2.05, 4.69) is 9.97 Å². The van der Waals surface area contributed by atoms with Crippen molar-refractivity contribution in [3.8, 4) is 11.3 Å². The number of hydrogen-bond acceptors (Lipinski definition) is 4. The minimum Gasteiger partial charge on any atom is -0.297 e. The van der Waals surface area contributed by atoms with E-state index < -0.39 is 0 Å². The minimum absolute atomic E-state index is 0.730. The number of carbonyl (C=O) groups excluding carboxylic acids is 1. The zero-order valence-corrected chi connectivity index (χ0v) is 9.94. The standard InChI is InChI=1S/C12H9N3OS/c1-8-11(7-16)17-12-14-10(6-15(8)12)9-2-4-13-5-3-9/h2-7H,1H3. The number of hydrogen-bond donors (Lipinski definition) is 0. The quantitative estimate of drug-likeness (QED) is 0.650. The average Bonchev–Trinajstić information content (AvgIpc) is 2.90. The highest BCUT2D eigenvalue weighted by molar-refractivity contribution is 7.18. The first-order valence-corrected chi connectivity index (χ1v) is 5.95. The Bertz CT molecular complexity index is 684. The van der Waals surface area contributed by atoms with E-state index in [1.165, 1.54) is 11.3 Å². The van der Waals surface area contributed by atoms with Gasteiger partial charge in [0.15, 0.2) is 11.2 Å². The third kappa shape index (κ3) is 1.55. The third-order valence-electron chi connectivity index (χ3n) is 2.68. The summed E-state index contributed by atoms with van der Waals surface area (Å²) in [4.78, 5) is 20.9. The van der Waals surface area contributed by atoms with Crippen LogP contribution >= 0.6 is 11.3 Å². The first-order chi connectivity index (χ1) is 8.29. The Morgan fingerprint density at radius 3 is 2.76 bits per heavy atom. The maximum absolute atomic E-state index is 10.8. The molecule has 5 heteroatoms. The van der Waals surface area contributed by atoms with E-state index in [0.29, 0.717) is 0 Å². The van der Waals surface area contributed by atoms with Crippen LogP contribution in [0, 0.1) is 6.92 Å². The molecule has 0 aliphatic rings. The van der Waals surface area contributed by atoms with E-state index in [1.807, 2.05) is 29.7 Å². The minimum atomic E-state index is 0.730. The number of thiazole rings is 1. The summed E-state index contributed by atoms with van der Waals surface area (Å²) in [6, 6.07) is 3.84. The molecule has 3 heterocycles. The summed E-state index contributed by atoms with van der Waals surface area (Å²) in [5, 5.41) is 0. The summed E-state index contributed by atoms with van der Waals surface area (Å²) < 4.78 is 1.95. The summed E-state index contributed by atoms with van der Waals surface area (Å²) in [7, 11) is 0. The van der Waals surface area contributed by atoms with Gasteiger partial charge < -0.3 is 0 Å². The number of imidazole rings is 1. The molecule has 0 aromatic carbocycles. The summed E-state index contributed by atoms with van der Waals surface area (Å²) >= 11 is 1.41. The van der Waals surface area contributed by atoms with E-state index >= 15 is 0 Å². The van der Waals surface area contributed by atoms with Gasteiger partial charge in [0, 0.05) is 29.8 Å². The fourth-order valence-corrected chi connectivity index (χ4v) is 2.66. The van der Waals surface area contributed by atoms with Crippen molar-refractivity contribution >= 4 is 22.6 Å². The van der Waals surface area contributed by atoms with Crippen LogP contribution in [-0.2, 0) is 0 Å². The van der Waals surface area contributed by atoms with Crippen LogP contribution < -0.4 is 0 Å². The van der Waals surface area contributed by atoms with Gasteiger partial charge in [-0.25, -0.2) is 4.98 Å². The Kier molecular flexibility index (Phi) is 2.26. The van der Waals surface area contributed by atoms with Crippen LogP contribution in [0.2, 0.25) is 0 Å². The van der Waals surface area contributed by atoms with Crippen molar-refractivity contribution in [1.82, 2.24) is 14.4 Å². The molecule has 0 amide bonds. The predicted molar refractivity (Wildman–Crippen MR) is 66.4 cm³/mol. The molecule has 17 heavy (non-hydrogen) atoms. The van der Waals surface area contributed by atoms with Gasteiger partial charge in [0.2, 0.25) is 0 Å². The molecule has 3 aromatic heterocycles. The summed E-state index contributed by atoms with van der Waals surface area (Å²) in [5.74, 6) is 0. The van der Waals surface area contributed by atoms with E-state index in [4.69, 9.17) is 0 Å². The summed E-state index contributed by atoms with van der Waals surface area (Å²) in [5.41, 5.74) is 2.87. The van der Waals surface area contributed by atoms with Crippen molar-refractivity contribution in [3.05, 3.63) is 41.3 Å². The number of aldehydes is 1. The smallest absolute Gasteiger partial charge is 0.195 e. The second-order valence-corrected chi connectivity index (χ2v) is 4.69. The summed E-state index contributed by atoms with van der Waals surface area (Å²) in [6.45, 7) is 1.92.